The number of aromatic nitrogens is 1. The molecule has 1 saturated heterocycles. The second-order valence-corrected chi connectivity index (χ2v) is 8.60. The van der Waals surface area contributed by atoms with Gasteiger partial charge in [-0.2, -0.15) is 4.99 Å². The lowest BCUT2D eigenvalue weighted by Crippen LogP contribution is -2.23. The Morgan fingerprint density at radius 3 is 2.64 bits per heavy atom. The van der Waals surface area contributed by atoms with Gasteiger partial charge in [0.15, 0.2) is 5.17 Å². The van der Waals surface area contributed by atoms with Crippen LogP contribution < -0.4 is 0 Å². The summed E-state index contributed by atoms with van der Waals surface area (Å²) in [6.45, 7) is 1.90. The third kappa shape index (κ3) is 3.75. The van der Waals surface area contributed by atoms with Crippen molar-refractivity contribution in [2.24, 2.45) is 4.99 Å². The van der Waals surface area contributed by atoms with E-state index < -0.39 is 0 Å². The highest BCUT2D eigenvalue weighted by atomic mass is 35.5. The minimum atomic E-state index is -0.147. The fraction of sp³-hybridized carbons (Fsp3) is 0.105. The van der Waals surface area contributed by atoms with E-state index in [4.69, 9.17) is 27.6 Å². The van der Waals surface area contributed by atoms with E-state index >= 15 is 0 Å². The van der Waals surface area contributed by atoms with Crippen LogP contribution in [0.2, 0.25) is 10.0 Å². The second kappa shape index (κ2) is 7.75. The third-order valence-corrected chi connectivity index (χ3v) is 6.45. The molecule has 0 spiro atoms. The number of furan rings is 1. The number of aliphatic imine (C=N–C) groups is 1. The van der Waals surface area contributed by atoms with Gasteiger partial charge in [-0.05, 0) is 43.0 Å². The Morgan fingerprint density at radius 2 is 1.96 bits per heavy atom. The largest absolute Gasteiger partial charge is 0.457 e. The molecule has 1 amide bonds. The highest BCUT2D eigenvalue weighted by molar-refractivity contribution is 8.18. The van der Waals surface area contributed by atoms with Crippen LogP contribution in [0, 0.1) is 6.92 Å². The number of thioether (sulfide) groups is 1. The molecule has 2 aromatic heterocycles. The highest BCUT2D eigenvalue weighted by Gasteiger charge is 2.31. The summed E-state index contributed by atoms with van der Waals surface area (Å²) in [6, 6.07) is 8.82. The number of carbonyl (C=O) groups excluding carboxylic acids is 1. The van der Waals surface area contributed by atoms with E-state index in [1.54, 1.807) is 43.5 Å². The van der Waals surface area contributed by atoms with Crippen molar-refractivity contribution in [1.82, 2.24) is 9.88 Å². The van der Waals surface area contributed by atoms with Gasteiger partial charge in [0.25, 0.3) is 5.91 Å². The Hall–Kier alpha value is -2.06. The van der Waals surface area contributed by atoms with E-state index in [1.807, 2.05) is 12.3 Å². The normalized spacial score (nSPS) is 17.3. The number of hydrogen-bond acceptors (Lipinski definition) is 6. The van der Waals surface area contributed by atoms with Crippen LogP contribution in [-0.4, -0.2) is 28.0 Å². The first-order valence-electron chi connectivity index (χ1n) is 8.15. The number of thiazole rings is 1. The van der Waals surface area contributed by atoms with E-state index in [9.17, 15) is 4.79 Å². The lowest BCUT2D eigenvalue weighted by Gasteiger charge is -2.05. The van der Waals surface area contributed by atoms with Crippen molar-refractivity contribution >= 4 is 68.6 Å². The Kier molecular flexibility index (Phi) is 5.33. The zero-order valence-corrected chi connectivity index (χ0v) is 17.9. The molecule has 0 radical (unpaired) electrons. The predicted molar refractivity (Wildman–Crippen MR) is 116 cm³/mol. The van der Waals surface area contributed by atoms with E-state index in [-0.39, 0.29) is 5.91 Å². The number of hydrogen-bond donors (Lipinski definition) is 0. The average molecular weight is 450 g/mol. The maximum Gasteiger partial charge on any atom is 0.266 e. The van der Waals surface area contributed by atoms with Crippen molar-refractivity contribution in [2.45, 2.75) is 6.92 Å². The number of nitrogens with zero attached hydrogens (tertiary/aromatic N) is 3. The SMILES string of the molecule is Cc1csc(/N=C2/S/C(=C/c3ccc(-c4c(Cl)cccc4Cl)o3)C(=O)N2C)n1. The minimum Gasteiger partial charge on any atom is -0.457 e. The fourth-order valence-corrected chi connectivity index (χ4v) is 4.81. The molecule has 28 heavy (non-hydrogen) atoms. The number of amides is 1. The molecule has 1 fully saturated rings. The van der Waals surface area contributed by atoms with Crippen molar-refractivity contribution in [2.75, 3.05) is 7.05 Å². The molecule has 1 aliphatic rings. The topological polar surface area (TPSA) is 58.7 Å². The van der Waals surface area contributed by atoms with Crippen molar-refractivity contribution < 1.29 is 9.21 Å². The van der Waals surface area contributed by atoms with Crippen LogP contribution in [0.5, 0.6) is 0 Å². The first-order valence-corrected chi connectivity index (χ1v) is 10.6. The molecule has 4 rings (SSSR count). The molecule has 3 heterocycles. The summed E-state index contributed by atoms with van der Waals surface area (Å²) in [7, 11) is 1.69. The first-order chi connectivity index (χ1) is 13.4. The van der Waals surface area contributed by atoms with Gasteiger partial charge in [0.2, 0.25) is 5.13 Å². The highest BCUT2D eigenvalue weighted by Crippen LogP contribution is 2.37. The number of halogens is 2. The summed E-state index contributed by atoms with van der Waals surface area (Å²) in [5.41, 5.74) is 1.53. The number of amidine groups is 1. The average Bonchev–Trinajstić information content (AvgIpc) is 3.33. The molecule has 3 aromatic rings. The van der Waals surface area contributed by atoms with Gasteiger partial charge in [-0.1, -0.05) is 29.3 Å². The van der Waals surface area contributed by atoms with Crippen LogP contribution in [0.15, 0.2) is 50.0 Å². The summed E-state index contributed by atoms with van der Waals surface area (Å²) in [5, 5.41) is 4.11. The number of carbonyl (C=O) groups is 1. The Morgan fingerprint density at radius 1 is 1.21 bits per heavy atom. The summed E-state index contributed by atoms with van der Waals surface area (Å²) in [5.74, 6) is 0.922. The Labute approximate surface area is 179 Å². The van der Waals surface area contributed by atoms with Crippen LogP contribution >= 0.6 is 46.3 Å². The number of aryl methyl sites for hydroxylation is 1. The van der Waals surface area contributed by atoms with Crippen LogP contribution in [0.25, 0.3) is 17.4 Å². The van der Waals surface area contributed by atoms with Gasteiger partial charge in [0.1, 0.15) is 11.5 Å². The van der Waals surface area contributed by atoms with Gasteiger partial charge in [0.05, 0.1) is 26.2 Å². The van der Waals surface area contributed by atoms with Crippen molar-refractivity contribution in [3.63, 3.8) is 0 Å². The van der Waals surface area contributed by atoms with E-state index in [1.165, 1.54) is 28.0 Å². The smallest absolute Gasteiger partial charge is 0.266 e. The standard InChI is InChI=1S/C19H13Cl2N3O2S2/c1-10-9-27-18(22-10)23-19-24(2)17(25)15(28-19)8-11-6-7-14(26-11)16-12(20)4-3-5-13(16)21/h3-9H,1-2H3/b15-8+,23-19+. The van der Waals surface area contributed by atoms with Gasteiger partial charge in [0, 0.05) is 18.5 Å². The molecule has 0 aliphatic carbocycles. The van der Waals surface area contributed by atoms with E-state index in [2.05, 4.69) is 9.98 Å². The summed E-state index contributed by atoms with van der Waals surface area (Å²) < 4.78 is 5.85. The van der Waals surface area contributed by atoms with Gasteiger partial charge >= 0.3 is 0 Å². The molecule has 0 unspecified atom stereocenters. The van der Waals surface area contributed by atoms with Crippen molar-refractivity contribution in [3.8, 4) is 11.3 Å². The Balaban J connectivity index is 1.62. The maximum absolute atomic E-state index is 12.6. The first kappa shape index (κ1) is 19.3. The molecule has 9 heteroatoms. The molecule has 1 aliphatic heterocycles. The summed E-state index contributed by atoms with van der Waals surface area (Å²) >= 11 is 15.2. The lowest BCUT2D eigenvalue weighted by atomic mass is 10.2. The quantitative estimate of drug-likeness (QED) is 0.443. The number of likely N-dealkylation sites (N-methyl/N-ethyl adjacent to an activating group) is 1. The van der Waals surface area contributed by atoms with Gasteiger partial charge in [-0.15, -0.1) is 11.3 Å². The van der Waals surface area contributed by atoms with E-state index in [0.717, 1.165) is 5.69 Å². The molecule has 0 saturated carbocycles. The molecule has 5 nitrogen and oxygen atoms in total. The number of benzene rings is 1. The van der Waals surface area contributed by atoms with Crippen LogP contribution in [0.1, 0.15) is 11.5 Å². The zero-order valence-electron chi connectivity index (χ0n) is 14.8. The summed E-state index contributed by atoms with van der Waals surface area (Å²) in [6.07, 6.45) is 1.69. The molecule has 0 N–H and O–H groups in total. The zero-order chi connectivity index (χ0) is 19.8. The Bertz CT molecular complexity index is 1110. The van der Waals surface area contributed by atoms with Crippen LogP contribution in [0.4, 0.5) is 5.13 Å². The number of rotatable bonds is 3. The van der Waals surface area contributed by atoms with E-state index in [0.29, 0.717) is 42.3 Å². The van der Waals surface area contributed by atoms with Gasteiger partial charge < -0.3 is 4.42 Å². The molecule has 1 aromatic carbocycles. The van der Waals surface area contributed by atoms with Gasteiger partial charge in [-0.3, -0.25) is 9.69 Å². The molecule has 0 bridgehead atoms. The molecule has 0 atom stereocenters. The second-order valence-electron chi connectivity index (χ2n) is 5.94. The minimum absolute atomic E-state index is 0.147. The van der Waals surface area contributed by atoms with Crippen molar-refractivity contribution in [1.29, 1.82) is 0 Å². The van der Waals surface area contributed by atoms with Crippen LogP contribution in [0.3, 0.4) is 0 Å². The maximum atomic E-state index is 12.6. The molecular weight excluding hydrogens is 437 g/mol. The monoisotopic (exact) mass is 449 g/mol. The molecule has 142 valence electrons. The van der Waals surface area contributed by atoms with Gasteiger partial charge in [-0.25, -0.2) is 4.98 Å². The lowest BCUT2D eigenvalue weighted by molar-refractivity contribution is -0.121. The van der Waals surface area contributed by atoms with Crippen molar-refractivity contribution in [3.05, 3.63) is 62.1 Å². The fourth-order valence-electron chi connectivity index (χ4n) is 2.55. The summed E-state index contributed by atoms with van der Waals surface area (Å²) in [4.78, 5) is 23.3. The van der Waals surface area contributed by atoms with Crippen LogP contribution in [-0.2, 0) is 4.79 Å². The molecular formula is C19H13Cl2N3O2S2. The third-order valence-electron chi connectivity index (χ3n) is 3.91. The predicted octanol–water partition coefficient (Wildman–Crippen LogP) is 6.25.